The maximum atomic E-state index is 11.9. The number of hydrogen-bond donors (Lipinski definition) is 2. The van der Waals surface area contributed by atoms with Crippen molar-refractivity contribution in [3.05, 3.63) is 16.3 Å². The third-order valence-corrected chi connectivity index (χ3v) is 3.57. The number of amides is 1. The van der Waals surface area contributed by atoms with E-state index in [1.807, 2.05) is 5.38 Å². The van der Waals surface area contributed by atoms with Crippen molar-refractivity contribution >= 4 is 29.7 Å². The van der Waals surface area contributed by atoms with Crippen molar-refractivity contribution in [1.82, 2.24) is 10.6 Å². The summed E-state index contributed by atoms with van der Waals surface area (Å²) in [5, 5.41) is 8.14. The minimum absolute atomic E-state index is 0. The van der Waals surface area contributed by atoms with E-state index in [9.17, 15) is 4.79 Å². The van der Waals surface area contributed by atoms with E-state index in [0.717, 1.165) is 31.7 Å². The van der Waals surface area contributed by atoms with Crippen molar-refractivity contribution in [3.63, 3.8) is 0 Å². The molecule has 0 radical (unpaired) electrons. The SMILES string of the molecule is COc1csc(C(=O)NC2CCCNC2)c1.Cl. The Morgan fingerprint density at radius 1 is 1.65 bits per heavy atom. The van der Waals surface area contributed by atoms with Crippen LogP contribution in [0, 0.1) is 0 Å². The fourth-order valence-corrected chi connectivity index (χ4v) is 2.53. The van der Waals surface area contributed by atoms with Crippen LogP contribution in [0.4, 0.5) is 0 Å². The van der Waals surface area contributed by atoms with Gasteiger partial charge in [-0.05, 0) is 19.4 Å². The molecule has 6 heteroatoms. The second-order valence-electron chi connectivity index (χ2n) is 3.87. The summed E-state index contributed by atoms with van der Waals surface area (Å²) in [4.78, 5) is 12.6. The molecule has 0 aromatic carbocycles. The zero-order valence-corrected chi connectivity index (χ0v) is 11.3. The van der Waals surface area contributed by atoms with Crippen molar-refractivity contribution in [1.29, 1.82) is 0 Å². The average Bonchev–Trinajstić information content (AvgIpc) is 2.79. The Labute approximate surface area is 111 Å². The normalized spacial score (nSPS) is 19.2. The second kappa shape index (κ2) is 6.83. The molecule has 1 aromatic heterocycles. The van der Waals surface area contributed by atoms with Crippen molar-refractivity contribution in [3.8, 4) is 5.75 Å². The summed E-state index contributed by atoms with van der Waals surface area (Å²) in [6, 6.07) is 2.03. The molecule has 1 fully saturated rings. The van der Waals surface area contributed by atoms with E-state index >= 15 is 0 Å². The monoisotopic (exact) mass is 276 g/mol. The predicted molar refractivity (Wildman–Crippen MR) is 71.5 cm³/mol. The van der Waals surface area contributed by atoms with Gasteiger partial charge in [-0.2, -0.15) is 0 Å². The number of nitrogens with one attached hydrogen (secondary N) is 2. The molecule has 0 bridgehead atoms. The van der Waals surface area contributed by atoms with Crippen molar-refractivity contribution in [2.45, 2.75) is 18.9 Å². The Morgan fingerprint density at radius 2 is 2.47 bits per heavy atom. The molecule has 1 saturated heterocycles. The summed E-state index contributed by atoms with van der Waals surface area (Å²) >= 11 is 1.41. The van der Waals surface area contributed by atoms with Crippen LogP contribution in [0.2, 0.25) is 0 Å². The first kappa shape index (κ1) is 14.3. The molecule has 4 nitrogen and oxygen atoms in total. The summed E-state index contributed by atoms with van der Waals surface area (Å²) in [5.74, 6) is 0.749. The number of thiophene rings is 1. The van der Waals surface area contributed by atoms with Crippen LogP contribution in [0.25, 0.3) is 0 Å². The topological polar surface area (TPSA) is 50.4 Å². The largest absolute Gasteiger partial charge is 0.496 e. The van der Waals surface area contributed by atoms with Gasteiger partial charge in [0, 0.05) is 24.0 Å². The molecule has 2 rings (SSSR count). The Hall–Kier alpha value is -0.780. The molecule has 1 unspecified atom stereocenters. The van der Waals surface area contributed by atoms with Gasteiger partial charge < -0.3 is 15.4 Å². The minimum Gasteiger partial charge on any atom is -0.496 e. The van der Waals surface area contributed by atoms with Crippen LogP contribution in [0.15, 0.2) is 11.4 Å². The third-order valence-electron chi connectivity index (χ3n) is 2.67. The number of carbonyl (C=O) groups excluding carboxylic acids is 1. The van der Waals surface area contributed by atoms with E-state index in [2.05, 4.69) is 10.6 Å². The second-order valence-corrected chi connectivity index (χ2v) is 4.78. The van der Waals surface area contributed by atoms with E-state index in [0.29, 0.717) is 4.88 Å². The molecule has 1 aliphatic rings. The first-order valence-electron chi connectivity index (χ1n) is 5.43. The molecular weight excluding hydrogens is 260 g/mol. The minimum atomic E-state index is 0. The summed E-state index contributed by atoms with van der Waals surface area (Å²) in [6.45, 7) is 1.92. The number of halogens is 1. The maximum Gasteiger partial charge on any atom is 0.261 e. The average molecular weight is 277 g/mol. The van der Waals surface area contributed by atoms with Gasteiger partial charge in [-0.15, -0.1) is 23.7 Å². The molecule has 0 saturated carbocycles. The lowest BCUT2D eigenvalue weighted by Gasteiger charge is -2.23. The highest BCUT2D eigenvalue weighted by atomic mass is 35.5. The van der Waals surface area contributed by atoms with Gasteiger partial charge in [-0.3, -0.25) is 4.79 Å². The predicted octanol–water partition coefficient (Wildman–Crippen LogP) is 1.66. The van der Waals surface area contributed by atoms with Gasteiger partial charge in [-0.1, -0.05) is 0 Å². The number of carbonyl (C=O) groups is 1. The maximum absolute atomic E-state index is 11.9. The third kappa shape index (κ3) is 3.87. The van der Waals surface area contributed by atoms with Crippen LogP contribution in [-0.2, 0) is 0 Å². The lowest BCUT2D eigenvalue weighted by atomic mass is 10.1. The lowest BCUT2D eigenvalue weighted by molar-refractivity contribution is 0.0934. The van der Waals surface area contributed by atoms with E-state index < -0.39 is 0 Å². The molecule has 0 spiro atoms. The Balaban J connectivity index is 0.00000144. The van der Waals surface area contributed by atoms with E-state index in [1.165, 1.54) is 11.3 Å². The van der Waals surface area contributed by atoms with Gasteiger partial charge in [0.25, 0.3) is 5.91 Å². The summed E-state index contributed by atoms with van der Waals surface area (Å²) in [7, 11) is 1.61. The Bertz CT molecular complexity index is 364. The smallest absolute Gasteiger partial charge is 0.261 e. The van der Waals surface area contributed by atoms with E-state index in [-0.39, 0.29) is 24.4 Å². The standard InChI is InChI=1S/C11H16N2O2S.ClH/c1-15-9-5-10(16-7-9)11(14)13-8-3-2-4-12-6-8;/h5,7-8,12H,2-4,6H2,1H3,(H,13,14);1H. The van der Waals surface area contributed by atoms with Gasteiger partial charge in [0.05, 0.1) is 12.0 Å². The molecule has 1 atom stereocenters. The van der Waals surface area contributed by atoms with Crippen LogP contribution in [0.3, 0.4) is 0 Å². The molecule has 1 aromatic rings. The molecule has 96 valence electrons. The summed E-state index contributed by atoms with van der Waals surface area (Å²) < 4.78 is 5.05. The first-order chi connectivity index (χ1) is 7.79. The zero-order valence-electron chi connectivity index (χ0n) is 9.69. The van der Waals surface area contributed by atoms with Crippen LogP contribution >= 0.6 is 23.7 Å². The van der Waals surface area contributed by atoms with E-state index in [1.54, 1.807) is 13.2 Å². The molecule has 1 amide bonds. The van der Waals surface area contributed by atoms with Crippen molar-refractivity contribution in [2.75, 3.05) is 20.2 Å². The molecule has 2 N–H and O–H groups in total. The van der Waals surface area contributed by atoms with Gasteiger partial charge in [-0.25, -0.2) is 0 Å². The van der Waals surface area contributed by atoms with Crippen LogP contribution in [-0.4, -0.2) is 32.1 Å². The van der Waals surface area contributed by atoms with Gasteiger partial charge in [0.1, 0.15) is 5.75 Å². The quantitative estimate of drug-likeness (QED) is 0.883. The lowest BCUT2D eigenvalue weighted by Crippen LogP contribution is -2.45. The highest BCUT2D eigenvalue weighted by molar-refractivity contribution is 7.12. The Morgan fingerprint density at radius 3 is 3.06 bits per heavy atom. The molecule has 2 heterocycles. The van der Waals surface area contributed by atoms with E-state index in [4.69, 9.17) is 4.74 Å². The van der Waals surface area contributed by atoms with Gasteiger partial charge in [0.2, 0.25) is 0 Å². The van der Waals surface area contributed by atoms with Crippen LogP contribution in [0.5, 0.6) is 5.75 Å². The zero-order chi connectivity index (χ0) is 11.4. The number of rotatable bonds is 3. The summed E-state index contributed by atoms with van der Waals surface area (Å²) in [6.07, 6.45) is 2.18. The fraction of sp³-hybridized carbons (Fsp3) is 0.545. The fourth-order valence-electron chi connectivity index (χ4n) is 1.78. The van der Waals surface area contributed by atoms with Crippen molar-refractivity contribution < 1.29 is 9.53 Å². The first-order valence-corrected chi connectivity index (χ1v) is 6.31. The highest BCUT2D eigenvalue weighted by Gasteiger charge is 2.17. The molecule has 17 heavy (non-hydrogen) atoms. The number of piperidine rings is 1. The van der Waals surface area contributed by atoms with Gasteiger partial charge >= 0.3 is 0 Å². The molecule has 1 aliphatic heterocycles. The number of ether oxygens (including phenoxy) is 1. The highest BCUT2D eigenvalue weighted by Crippen LogP contribution is 2.21. The summed E-state index contributed by atoms with van der Waals surface area (Å²) in [5.41, 5.74) is 0. The van der Waals surface area contributed by atoms with Crippen molar-refractivity contribution in [2.24, 2.45) is 0 Å². The molecular formula is C11H17ClN2O2S. The van der Waals surface area contributed by atoms with Crippen LogP contribution < -0.4 is 15.4 Å². The number of hydrogen-bond acceptors (Lipinski definition) is 4. The molecule has 0 aliphatic carbocycles. The Kier molecular flexibility index (Phi) is 5.74. The van der Waals surface area contributed by atoms with Gasteiger partial charge in [0.15, 0.2) is 0 Å². The number of methoxy groups -OCH3 is 1. The van der Waals surface area contributed by atoms with Crippen LogP contribution in [0.1, 0.15) is 22.5 Å².